The molecule has 0 bridgehead atoms. The third-order valence-electron chi connectivity index (χ3n) is 3.12. The number of hydrogen-bond acceptors (Lipinski definition) is 6. The van der Waals surface area contributed by atoms with Gasteiger partial charge in [0, 0.05) is 30.8 Å². The van der Waals surface area contributed by atoms with E-state index in [9.17, 15) is 14.9 Å². The number of aryl methyl sites for hydroxylation is 1. The van der Waals surface area contributed by atoms with Crippen LogP contribution in [0, 0.1) is 10.1 Å². The Balaban J connectivity index is 1.94. The van der Waals surface area contributed by atoms with Crippen molar-refractivity contribution in [2.45, 2.75) is 25.0 Å². The van der Waals surface area contributed by atoms with Gasteiger partial charge < -0.3 is 9.88 Å². The number of nitro groups is 1. The monoisotopic (exact) mass is 347 g/mol. The molecule has 0 spiro atoms. The predicted octanol–water partition coefficient (Wildman–Crippen LogP) is 2.67. The number of carbonyl (C=O) groups is 1. The van der Waals surface area contributed by atoms with Crippen molar-refractivity contribution in [3.63, 3.8) is 0 Å². The van der Waals surface area contributed by atoms with Crippen LogP contribution in [0.15, 0.2) is 42.1 Å². The number of aromatic nitrogens is 3. The summed E-state index contributed by atoms with van der Waals surface area (Å²) >= 11 is 1.28. The molecular weight excluding hydrogens is 330 g/mol. The zero-order valence-corrected chi connectivity index (χ0v) is 14.0. The smallest absolute Gasteiger partial charge is 0.269 e. The molecule has 1 heterocycles. The molecule has 24 heavy (non-hydrogen) atoms. The van der Waals surface area contributed by atoms with Gasteiger partial charge in [0.15, 0.2) is 5.16 Å². The highest BCUT2D eigenvalue weighted by Gasteiger charge is 2.12. The highest BCUT2D eigenvalue weighted by Crippen LogP contribution is 2.19. The van der Waals surface area contributed by atoms with Gasteiger partial charge in [-0.1, -0.05) is 24.8 Å². The largest absolute Gasteiger partial charge is 0.325 e. The number of nitro benzene ring substituents is 1. The number of nitrogens with one attached hydrogen (secondary N) is 1. The second-order valence-corrected chi connectivity index (χ2v) is 5.73. The van der Waals surface area contributed by atoms with Gasteiger partial charge in [0.05, 0.1) is 10.7 Å². The quantitative estimate of drug-likeness (QED) is 0.341. The van der Waals surface area contributed by atoms with E-state index < -0.39 is 4.92 Å². The van der Waals surface area contributed by atoms with Crippen molar-refractivity contribution >= 4 is 29.0 Å². The summed E-state index contributed by atoms with van der Waals surface area (Å²) in [6.45, 7) is 6.28. The summed E-state index contributed by atoms with van der Waals surface area (Å²) in [5, 5.41) is 22.1. The van der Waals surface area contributed by atoms with E-state index in [4.69, 9.17) is 0 Å². The van der Waals surface area contributed by atoms with Gasteiger partial charge in [-0.3, -0.25) is 14.9 Å². The number of non-ortho nitro benzene ring substituents is 1. The van der Waals surface area contributed by atoms with Gasteiger partial charge in [0.25, 0.3) is 5.69 Å². The van der Waals surface area contributed by atoms with Crippen molar-refractivity contribution in [1.29, 1.82) is 0 Å². The average Bonchev–Trinajstić information content (AvgIpc) is 2.96. The summed E-state index contributed by atoms with van der Waals surface area (Å²) < 4.78 is 1.91. The number of carbonyl (C=O) groups excluding carboxylic acids is 1. The van der Waals surface area contributed by atoms with Gasteiger partial charge in [-0.05, 0) is 12.1 Å². The molecule has 0 aliphatic rings. The van der Waals surface area contributed by atoms with Crippen LogP contribution < -0.4 is 5.32 Å². The van der Waals surface area contributed by atoms with E-state index in [0.29, 0.717) is 17.4 Å². The number of anilines is 1. The molecule has 0 radical (unpaired) electrons. The Morgan fingerprint density at radius 3 is 2.71 bits per heavy atom. The van der Waals surface area contributed by atoms with Crippen molar-refractivity contribution in [2.75, 3.05) is 11.1 Å². The lowest BCUT2D eigenvalue weighted by Gasteiger charge is -2.07. The topological polar surface area (TPSA) is 103 Å². The van der Waals surface area contributed by atoms with Crippen LogP contribution in [0.2, 0.25) is 0 Å². The van der Waals surface area contributed by atoms with Crippen molar-refractivity contribution in [3.8, 4) is 0 Å². The molecule has 0 aliphatic carbocycles. The molecule has 9 heteroatoms. The number of thioether (sulfide) groups is 1. The molecular formula is C15H17N5O3S. The lowest BCUT2D eigenvalue weighted by molar-refractivity contribution is -0.384. The highest BCUT2D eigenvalue weighted by molar-refractivity contribution is 7.99. The highest BCUT2D eigenvalue weighted by atomic mass is 32.2. The molecule has 2 aromatic rings. The third kappa shape index (κ3) is 4.42. The molecule has 0 fully saturated rings. The normalized spacial score (nSPS) is 10.4. The van der Waals surface area contributed by atoms with Crippen molar-refractivity contribution in [1.82, 2.24) is 14.8 Å². The van der Waals surface area contributed by atoms with Crippen LogP contribution in [0.4, 0.5) is 11.4 Å². The van der Waals surface area contributed by atoms with Gasteiger partial charge in [0.2, 0.25) is 5.91 Å². The van der Waals surface area contributed by atoms with Crippen molar-refractivity contribution in [2.24, 2.45) is 0 Å². The van der Waals surface area contributed by atoms with E-state index in [1.165, 1.54) is 36.0 Å². The fourth-order valence-corrected chi connectivity index (χ4v) is 2.76. The number of amides is 1. The second-order valence-electron chi connectivity index (χ2n) is 4.79. The lowest BCUT2D eigenvalue weighted by Crippen LogP contribution is -2.14. The summed E-state index contributed by atoms with van der Waals surface area (Å²) in [7, 11) is 0. The van der Waals surface area contributed by atoms with Crippen LogP contribution in [0.1, 0.15) is 12.7 Å². The van der Waals surface area contributed by atoms with E-state index in [0.717, 1.165) is 12.2 Å². The summed E-state index contributed by atoms with van der Waals surface area (Å²) in [5.74, 6) is 0.781. The zero-order chi connectivity index (χ0) is 17.5. The zero-order valence-electron chi connectivity index (χ0n) is 13.1. The van der Waals surface area contributed by atoms with Gasteiger partial charge in [0.1, 0.15) is 5.82 Å². The summed E-state index contributed by atoms with van der Waals surface area (Å²) in [4.78, 5) is 22.1. The van der Waals surface area contributed by atoms with E-state index >= 15 is 0 Å². The minimum Gasteiger partial charge on any atom is -0.325 e. The molecule has 126 valence electrons. The Hall–Kier alpha value is -2.68. The van der Waals surface area contributed by atoms with Crippen LogP contribution in [-0.4, -0.2) is 31.3 Å². The molecule has 0 saturated heterocycles. The third-order valence-corrected chi connectivity index (χ3v) is 4.08. The van der Waals surface area contributed by atoms with Gasteiger partial charge in [-0.25, -0.2) is 0 Å². The summed E-state index contributed by atoms with van der Waals surface area (Å²) in [6.07, 6.45) is 2.50. The Kier molecular flexibility index (Phi) is 6.07. The number of allylic oxidation sites excluding steroid dienone is 1. The number of benzene rings is 1. The Morgan fingerprint density at radius 2 is 2.12 bits per heavy atom. The molecule has 0 unspecified atom stereocenters. The van der Waals surface area contributed by atoms with Crippen LogP contribution in [0.5, 0.6) is 0 Å². The maximum Gasteiger partial charge on any atom is 0.269 e. The van der Waals surface area contributed by atoms with E-state index in [2.05, 4.69) is 22.1 Å². The molecule has 1 N–H and O–H groups in total. The molecule has 1 amide bonds. The molecule has 0 saturated carbocycles. The minimum absolute atomic E-state index is 0.0213. The van der Waals surface area contributed by atoms with E-state index in [1.807, 2.05) is 11.5 Å². The number of rotatable bonds is 8. The molecule has 1 aromatic carbocycles. The van der Waals surface area contributed by atoms with Crippen LogP contribution in [0.3, 0.4) is 0 Å². The Labute approximate surface area is 143 Å². The number of nitrogens with zero attached hydrogens (tertiary/aromatic N) is 4. The maximum absolute atomic E-state index is 12.0. The molecule has 0 atom stereocenters. The molecule has 1 aromatic heterocycles. The van der Waals surface area contributed by atoms with Crippen molar-refractivity contribution < 1.29 is 9.72 Å². The molecule has 2 rings (SSSR count). The summed E-state index contributed by atoms with van der Waals surface area (Å²) in [5.41, 5.74) is 0.486. The minimum atomic E-state index is -0.487. The average molecular weight is 347 g/mol. The van der Waals surface area contributed by atoms with Gasteiger partial charge >= 0.3 is 0 Å². The second kappa shape index (κ2) is 8.25. The maximum atomic E-state index is 12.0. The molecule has 0 aliphatic heterocycles. The fraction of sp³-hybridized carbons (Fsp3) is 0.267. The first kappa shape index (κ1) is 17.7. The first-order valence-electron chi connectivity index (χ1n) is 7.25. The molecule has 8 nitrogen and oxygen atoms in total. The van der Waals surface area contributed by atoms with Gasteiger partial charge in [-0.2, -0.15) is 0 Å². The summed E-state index contributed by atoms with van der Waals surface area (Å²) in [6, 6.07) is 5.68. The van der Waals surface area contributed by atoms with Crippen molar-refractivity contribution in [3.05, 3.63) is 52.9 Å². The first-order valence-corrected chi connectivity index (χ1v) is 8.23. The van der Waals surface area contributed by atoms with Crippen LogP contribution in [-0.2, 0) is 17.8 Å². The van der Waals surface area contributed by atoms with Gasteiger partial charge in [-0.15, -0.1) is 16.8 Å². The lowest BCUT2D eigenvalue weighted by atomic mass is 10.3. The SMILES string of the molecule is C=CCn1c(CC)nnc1SCC(=O)Nc1ccc([N+](=O)[O-])cc1. The van der Waals surface area contributed by atoms with E-state index in [-0.39, 0.29) is 17.3 Å². The number of hydrogen-bond donors (Lipinski definition) is 1. The standard InChI is InChI=1S/C15H17N5O3S/c1-3-9-19-13(4-2)17-18-15(19)24-10-14(21)16-11-5-7-12(8-6-11)20(22)23/h3,5-8H,1,4,9-10H2,2H3,(H,16,21). The van der Waals surface area contributed by atoms with E-state index in [1.54, 1.807) is 6.08 Å². The first-order chi connectivity index (χ1) is 11.5. The van der Waals surface area contributed by atoms with Crippen LogP contribution >= 0.6 is 11.8 Å². The predicted molar refractivity (Wildman–Crippen MR) is 92.0 cm³/mol. The van der Waals surface area contributed by atoms with Crippen LogP contribution in [0.25, 0.3) is 0 Å². The Bertz CT molecular complexity index is 742. The fourth-order valence-electron chi connectivity index (χ4n) is 1.99. The Morgan fingerprint density at radius 1 is 1.42 bits per heavy atom.